The highest BCUT2D eigenvalue weighted by Crippen LogP contribution is 2.36. The predicted octanol–water partition coefficient (Wildman–Crippen LogP) is 3.12. The van der Waals surface area contributed by atoms with E-state index in [1.807, 2.05) is 30.9 Å². The number of nitrogens with zero attached hydrogens (tertiary/aromatic N) is 5. The Balaban J connectivity index is 1.36. The fourth-order valence-electron chi connectivity index (χ4n) is 4.53. The lowest BCUT2D eigenvalue weighted by atomic mass is 10.1. The topological polar surface area (TPSA) is 71.0 Å². The van der Waals surface area contributed by atoms with Crippen LogP contribution >= 0.6 is 11.3 Å². The molecule has 0 radical (unpaired) electrons. The van der Waals surface area contributed by atoms with Gasteiger partial charge in [-0.15, -0.1) is 11.3 Å². The van der Waals surface area contributed by atoms with Crippen LogP contribution in [0.1, 0.15) is 21.1 Å². The number of anilines is 2. The molecule has 1 amide bonds. The molecular weight excluding hydrogens is 438 g/mol. The predicted molar refractivity (Wildman–Crippen MR) is 131 cm³/mol. The Morgan fingerprint density at radius 3 is 2.33 bits per heavy atom. The Bertz CT molecular complexity index is 1150. The van der Waals surface area contributed by atoms with Gasteiger partial charge < -0.3 is 24.2 Å². The third-order valence-electron chi connectivity index (χ3n) is 6.39. The van der Waals surface area contributed by atoms with Crippen molar-refractivity contribution in [2.75, 3.05) is 69.4 Å². The molecule has 0 aliphatic carbocycles. The number of rotatable bonds is 4. The quantitative estimate of drug-likeness (QED) is 0.584. The molecule has 8 nitrogen and oxygen atoms in total. The normalized spacial score (nSPS) is 17.0. The van der Waals surface area contributed by atoms with Gasteiger partial charge in [0, 0.05) is 45.0 Å². The summed E-state index contributed by atoms with van der Waals surface area (Å²) < 4.78 is 10.8. The number of methoxy groups -OCH3 is 1. The number of hydrogen-bond donors (Lipinski definition) is 0. The monoisotopic (exact) mass is 467 g/mol. The molecule has 9 heteroatoms. The molecular formula is C24H29N5O3S. The molecule has 2 aliphatic rings. The third-order valence-corrected chi connectivity index (χ3v) is 7.57. The summed E-state index contributed by atoms with van der Waals surface area (Å²) in [4.78, 5) is 31.1. The van der Waals surface area contributed by atoms with Crippen LogP contribution < -0.4 is 14.5 Å². The van der Waals surface area contributed by atoms with Crippen molar-refractivity contribution in [3.8, 4) is 5.75 Å². The Hall–Kier alpha value is -2.91. The number of amides is 1. The number of piperazine rings is 1. The first kappa shape index (κ1) is 21.9. The van der Waals surface area contributed by atoms with Crippen molar-refractivity contribution in [1.82, 2.24) is 14.9 Å². The number of aryl methyl sites for hydroxylation is 2. The first-order valence-corrected chi connectivity index (χ1v) is 12.2. The van der Waals surface area contributed by atoms with E-state index in [4.69, 9.17) is 14.5 Å². The molecule has 0 unspecified atom stereocenters. The first-order chi connectivity index (χ1) is 16.0. The van der Waals surface area contributed by atoms with Crippen LogP contribution in [0.25, 0.3) is 10.2 Å². The molecule has 0 spiro atoms. The molecule has 2 saturated heterocycles. The molecule has 3 aromatic rings. The largest absolute Gasteiger partial charge is 0.497 e. The van der Waals surface area contributed by atoms with Crippen molar-refractivity contribution in [2.24, 2.45) is 0 Å². The maximum atomic E-state index is 13.5. The van der Waals surface area contributed by atoms with Gasteiger partial charge in [-0.2, -0.15) is 0 Å². The average Bonchev–Trinajstić information content (AvgIpc) is 3.19. The van der Waals surface area contributed by atoms with E-state index >= 15 is 0 Å². The first-order valence-electron chi connectivity index (χ1n) is 11.3. The van der Waals surface area contributed by atoms with Crippen LogP contribution in [0, 0.1) is 13.8 Å². The fourth-order valence-corrected chi connectivity index (χ4v) is 5.72. The molecule has 0 bridgehead atoms. The van der Waals surface area contributed by atoms with E-state index in [1.54, 1.807) is 7.11 Å². The van der Waals surface area contributed by atoms with E-state index < -0.39 is 0 Å². The number of thiophene rings is 1. The second-order valence-corrected chi connectivity index (χ2v) is 9.41. The smallest absolute Gasteiger partial charge is 0.264 e. The molecule has 33 heavy (non-hydrogen) atoms. The van der Waals surface area contributed by atoms with Crippen molar-refractivity contribution < 1.29 is 14.3 Å². The lowest BCUT2D eigenvalue weighted by molar-refractivity contribution is 0.0751. The minimum Gasteiger partial charge on any atom is -0.497 e. The van der Waals surface area contributed by atoms with Gasteiger partial charge in [-0.25, -0.2) is 9.97 Å². The van der Waals surface area contributed by atoms with E-state index in [2.05, 4.69) is 26.9 Å². The molecule has 0 saturated carbocycles. The Morgan fingerprint density at radius 1 is 0.970 bits per heavy atom. The number of carbonyl (C=O) groups excluding carboxylic acids is 1. The van der Waals surface area contributed by atoms with Gasteiger partial charge in [0.05, 0.1) is 30.6 Å². The molecule has 0 N–H and O–H groups in total. The second kappa shape index (κ2) is 9.15. The molecule has 0 atom stereocenters. The third kappa shape index (κ3) is 4.22. The summed E-state index contributed by atoms with van der Waals surface area (Å²) in [5, 5.41) is 1.01. The number of aromatic nitrogens is 2. The number of ether oxygens (including phenoxy) is 2. The number of carbonyl (C=O) groups is 1. The summed E-state index contributed by atoms with van der Waals surface area (Å²) in [6.45, 7) is 9.94. The molecule has 174 valence electrons. The maximum absolute atomic E-state index is 13.5. The van der Waals surface area contributed by atoms with Gasteiger partial charge in [0.2, 0.25) is 0 Å². The van der Waals surface area contributed by atoms with Gasteiger partial charge in [0.1, 0.15) is 22.2 Å². The minimum absolute atomic E-state index is 0.0930. The van der Waals surface area contributed by atoms with Gasteiger partial charge in [-0.3, -0.25) is 4.79 Å². The summed E-state index contributed by atoms with van der Waals surface area (Å²) in [5.74, 6) is 2.60. The molecule has 5 rings (SSSR count). The Kier molecular flexibility index (Phi) is 6.07. The van der Waals surface area contributed by atoms with Crippen LogP contribution in [0.4, 0.5) is 11.5 Å². The van der Waals surface area contributed by atoms with Crippen LogP contribution in [0.3, 0.4) is 0 Å². The lowest BCUT2D eigenvalue weighted by Gasteiger charge is -2.36. The highest BCUT2D eigenvalue weighted by Gasteiger charge is 2.28. The Labute approximate surface area is 197 Å². The van der Waals surface area contributed by atoms with Gasteiger partial charge >= 0.3 is 0 Å². The standard InChI is InChI=1S/C24H29N5O3S/c1-16-20-22(28-12-14-32-15-13-28)25-17(2)26-23(20)33-21(16)24(30)29-10-8-27(9-11-29)18-4-6-19(31-3)7-5-18/h4-7H,8-15H2,1-3H3. The van der Waals surface area contributed by atoms with Gasteiger partial charge in [-0.1, -0.05) is 0 Å². The van der Waals surface area contributed by atoms with E-state index in [9.17, 15) is 4.79 Å². The van der Waals surface area contributed by atoms with Crippen molar-refractivity contribution >= 4 is 39.0 Å². The summed E-state index contributed by atoms with van der Waals surface area (Å²) in [6.07, 6.45) is 0. The zero-order valence-electron chi connectivity index (χ0n) is 19.3. The number of morpholine rings is 1. The van der Waals surface area contributed by atoms with Crippen molar-refractivity contribution in [2.45, 2.75) is 13.8 Å². The molecule has 2 aliphatic heterocycles. The second-order valence-electron chi connectivity index (χ2n) is 8.41. The van der Waals surface area contributed by atoms with E-state index in [1.165, 1.54) is 11.3 Å². The van der Waals surface area contributed by atoms with Crippen molar-refractivity contribution in [3.63, 3.8) is 0 Å². The molecule has 4 heterocycles. The van der Waals surface area contributed by atoms with E-state index in [-0.39, 0.29) is 5.91 Å². The highest BCUT2D eigenvalue weighted by molar-refractivity contribution is 7.20. The van der Waals surface area contributed by atoms with Crippen LogP contribution in [0.2, 0.25) is 0 Å². The van der Waals surface area contributed by atoms with Crippen molar-refractivity contribution in [1.29, 1.82) is 0 Å². The van der Waals surface area contributed by atoms with Gasteiger partial charge in [-0.05, 0) is 43.7 Å². The summed E-state index contributed by atoms with van der Waals surface area (Å²) >= 11 is 1.49. The zero-order valence-corrected chi connectivity index (χ0v) is 20.2. The lowest BCUT2D eigenvalue weighted by Crippen LogP contribution is -2.48. The SMILES string of the molecule is COc1ccc(N2CCN(C(=O)c3sc4nc(C)nc(N5CCOCC5)c4c3C)CC2)cc1. The molecule has 2 fully saturated rings. The van der Waals surface area contributed by atoms with Crippen LogP contribution in [0.15, 0.2) is 24.3 Å². The van der Waals surface area contributed by atoms with Crippen molar-refractivity contribution in [3.05, 3.63) is 40.5 Å². The summed E-state index contributed by atoms with van der Waals surface area (Å²) in [7, 11) is 1.67. The zero-order chi connectivity index (χ0) is 22.9. The number of hydrogen-bond acceptors (Lipinski definition) is 8. The average molecular weight is 468 g/mol. The number of fused-ring (bicyclic) bond motifs is 1. The van der Waals surface area contributed by atoms with Gasteiger partial charge in [0.25, 0.3) is 5.91 Å². The minimum atomic E-state index is 0.0930. The summed E-state index contributed by atoms with van der Waals surface area (Å²) in [6, 6.07) is 8.09. The number of benzene rings is 1. The van der Waals surface area contributed by atoms with Crippen LogP contribution in [-0.2, 0) is 4.74 Å². The Morgan fingerprint density at radius 2 is 1.67 bits per heavy atom. The fraction of sp³-hybridized carbons (Fsp3) is 0.458. The highest BCUT2D eigenvalue weighted by atomic mass is 32.1. The van der Waals surface area contributed by atoms with E-state index in [0.717, 1.165) is 69.9 Å². The summed E-state index contributed by atoms with van der Waals surface area (Å²) in [5.41, 5.74) is 2.14. The van der Waals surface area contributed by atoms with Crippen LogP contribution in [0.5, 0.6) is 5.75 Å². The molecule has 2 aromatic heterocycles. The molecule has 1 aromatic carbocycles. The van der Waals surface area contributed by atoms with Crippen LogP contribution in [-0.4, -0.2) is 80.4 Å². The van der Waals surface area contributed by atoms with E-state index in [0.29, 0.717) is 26.3 Å². The maximum Gasteiger partial charge on any atom is 0.264 e. The van der Waals surface area contributed by atoms with Gasteiger partial charge in [0.15, 0.2) is 0 Å².